The van der Waals surface area contributed by atoms with Crippen LogP contribution in [0, 0.1) is 17.8 Å². The van der Waals surface area contributed by atoms with Gasteiger partial charge in [-0.2, -0.15) is 4.98 Å². The molecule has 3 N–H and O–H groups in total. The van der Waals surface area contributed by atoms with E-state index >= 15 is 0 Å². The smallest absolute Gasteiger partial charge is 0.346 e. The van der Waals surface area contributed by atoms with Gasteiger partial charge in [-0.3, -0.25) is 0 Å². The fraction of sp³-hybridized carbons (Fsp3) is 0.333. The maximum atomic E-state index is 10.7. The van der Waals surface area contributed by atoms with Crippen LogP contribution in [0.3, 0.4) is 0 Å². The normalized spacial score (nSPS) is 9.46. The van der Waals surface area contributed by atoms with Gasteiger partial charge in [0.2, 0.25) is 0 Å². The van der Waals surface area contributed by atoms with Gasteiger partial charge in [-0.25, -0.2) is 4.79 Å². The highest BCUT2D eigenvalue weighted by Gasteiger charge is 1.96. The van der Waals surface area contributed by atoms with Gasteiger partial charge in [-0.05, 0) is 0 Å². The zero-order valence-electron chi connectivity index (χ0n) is 7.59. The third-order valence-corrected chi connectivity index (χ3v) is 1.33. The van der Waals surface area contributed by atoms with Crippen molar-refractivity contribution in [3.63, 3.8) is 0 Å². The molecule has 0 saturated carbocycles. The second-order valence-corrected chi connectivity index (χ2v) is 2.93. The Balaban J connectivity index is 3.05. The summed E-state index contributed by atoms with van der Waals surface area (Å²) in [5.41, 5.74) is 5.59. The van der Waals surface area contributed by atoms with Gasteiger partial charge in [0.05, 0.1) is 5.56 Å². The quantitative estimate of drug-likeness (QED) is 0.562. The molecule has 1 rings (SSSR count). The van der Waals surface area contributed by atoms with E-state index in [2.05, 4.69) is 21.8 Å². The molecule has 4 heteroatoms. The Morgan fingerprint density at radius 1 is 1.62 bits per heavy atom. The van der Waals surface area contributed by atoms with Crippen molar-refractivity contribution >= 4 is 5.82 Å². The summed E-state index contributed by atoms with van der Waals surface area (Å²) >= 11 is 0. The van der Waals surface area contributed by atoms with Crippen LogP contribution in [0.4, 0.5) is 5.82 Å². The van der Waals surface area contributed by atoms with Crippen LogP contribution in [0.2, 0.25) is 0 Å². The molecule has 0 bridgehead atoms. The largest absolute Gasteiger partial charge is 0.382 e. The summed E-state index contributed by atoms with van der Waals surface area (Å²) in [7, 11) is 0. The molecule has 0 radical (unpaired) electrons. The number of nitrogens with zero attached hydrogens (tertiary/aromatic N) is 1. The topological polar surface area (TPSA) is 71.8 Å². The summed E-state index contributed by atoms with van der Waals surface area (Å²) in [6.07, 6.45) is 1.47. The second-order valence-electron chi connectivity index (χ2n) is 2.93. The SMILES string of the molecule is CC(C)C#Cc1c[nH]c(=O)nc1N. The van der Waals surface area contributed by atoms with Crippen LogP contribution >= 0.6 is 0 Å². The van der Waals surface area contributed by atoms with Crippen molar-refractivity contribution in [2.24, 2.45) is 5.92 Å². The molecule has 0 aliphatic rings. The Hall–Kier alpha value is -1.76. The number of hydrogen-bond donors (Lipinski definition) is 2. The molecule has 1 aromatic heterocycles. The van der Waals surface area contributed by atoms with E-state index in [4.69, 9.17) is 5.73 Å². The minimum Gasteiger partial charge on any atom is -0.382 e. The van der Waals surface area contributed by atoms with Crippen molar-refractivity contribution in [2.75, 3.05) is 5.73 Å². The van der Waals surface area contributed by atoms with Crippen molar-refractivity contribution in [2.45, 2.75) is 13.8 Å². The first-order valence-electron chi connectivity index (χ1n) is 3.96. The minimum absolute atomic E-state index is 0.178. The van der Waals surface area contributed by atoms with Crippen LogP contribution in [0.25, 0.3) is 0 Å². The van der Waals surface area contributed by atoms with E-state index < -0.39 is 5.69 Å². The number of nitrogens with one attached hydrogen (secondary N) is 1. The first-order chi connectivity index (χ1) is 6.09. The van der Waals surface area contributed by atoms with E-state index in [0.29, 0.717) is 5.56 Å². The van der Waals surface area contributed by atoms with Crippen LogP contribution in [-0.2, 0) is 0 Å². The number of aromatic amines is 1. The zero-order chi connectivity index (χ0) is 9.84. The summed E-state index contributed by atoms with van der Waals surface area (Å²) in [4.78, 5) is 16.6. The van der Waals surface area contributed by atoms with Gasteiger partial charge in [-0.1, -0.05) is 25.7 Å². The van der Waals surface area contributed by atoms with Gasteiger partial charge >= 0.3 is 5.69 Å². The summed E-state index contributed by atoms with van der Waals surface area (Å²) < 4.78 is 0. The van der Waals surface area contributed by atoms with Crippen LogP contribution in [0.15, 0.2) is 11.0 Å². The number of anilines is 1. The summed E-state index contributed by atoms with van der Waals surface area (Å²) in [5.74, 6) is 6.21. The minimum atomic E-state index is -0.451. The van der Waals surface area contributed by atoms with Gasteiger partial charge in [-0.15, -0.1) is 0 Å². The van der Waals surface area contributed by atoms with Gasteiger partial charge in [0.25, 0.3) is 0 Å². The van der Waals surface area contributed by atoms with Crippen molar-refractivity contribution in [3.8, 4) is 11.8 Å². The van der Waals surface area contributed by atoms with Crippen molar-refractivity contribution < 1.29 is 0 Å². The first kappa shape index (κ1) is 9.33. The third-order valence-electron chi connectivity index (χ3n) is 1.33. The van der Waals surface area contributed by atoms with Crippen LogP contribution in [-0.4, -0.2) is 9.97 Å². The summed E-state index contributed by atoms with van der Waals surface area (Å²) in [5, 5.41) is 0. The molecule has 1 heterocycles. The van der Waals surface area contributed by atoms with E-state index in [0.717, 1.165) is 0 Å². The van der Waals surface area contributed by atoms with Gasteiger partial charge < -0.3 is 10.7 Å². The number of H-pyrrole nitrogens is 1. The number of hydrogen-bond acceptors (Lipinski definition) is 3. The number of nitrogens with two attached hydrogens (primary N) is 1. The molecule has 0 fully saturated rings. The summed E-state index contributed by atoms with van der Waals surface area (Å²) in [6, 6.07) is 0. The standard InChI is InChI=1S/C9H11N3O/c1-6(2)3-4-7-5-11-9(13)12-8(7)10/h5-6H,1-2H3,(H3,10,11,12,13). The van der Waals surface area contributed by atoms with Crippen LogP contribution in [0.5, 0.6) is 0 Å². The molecule has 68 valence electrons. The maximum Gasteiger partial charge on any atom is 0.346 e. The molecule has 0 unspecified atom stereocenters. The van der Waals surface area contributed by atoms with E-state index in [1.54, 1.807) is 0 Å². The molecule has 0 saturated heterocycles. The van der Waals surface area contributed by atoms with Crippen LogP contribution in [0.1, 0.15) is 19.4 Å². The van der Waals surface area contributed by atoms with E-state index in [1.165, 1.54) is 6.20 Å². The molecule has 0 amide bonds. The van der Waals surface area contributed by atoms with Gasteiger partial charge in [0.15, 0.2) is 0 Å². The fourth-order valence-electron chi connectivity index (χ4n) is 0.732. The average Bonchev–Trinajstić information content (AvgIpc) is 2.02. The van der Waals surface area contributed by atoms with Gasteiger partial charge in [0.1, 0.15) is 5.82 Å². The molecular weight excluding hydrogens is 166 g/mol. The molecule has 0 atom stereocenters. The highest BCUT2D eigenvalue weighted by Crippen LogP contribution is 2.00. The molecule has 4 nitrogen and oxygen atoms in total. The van der Waals surface area contributed by atoms with E-state index in [9.17, 15) is 4.79 Å². The molecule has 1 aromatic rings. The lowest BCUT2D eigenvalue weighted by Crippen LogP contribution is -2.12. The molecule has 0 aliphatic carbocycles. The van der Waals surface area contributed by atoms with Crippen molar-refractivity contribution in [3.05, 3.63) is 22.2 Å². The fourth-order valence-corrected chi connectivity index (χ4v) is 0.732. The van der Waals surface area contributed by atoms with E-state index in [1.807, 2.05) is 13.8 Å². The first-order valence-corrected chi connectivity index (χ1v) is 3.96. The molecule has 0 aromatic carbocycles. The number of nitrogen functional groups attached to an aromatic ring is 1. The molecule has 0 spiro atoms. The van der Waals surface area contributed by atoms with Gasteiger partial charge in [0, 0.05) is 12.1 Å². The predicted octanol–water partition coefficient (Wildman–Crippen LogP) is 0.360. The van der Waals surface area contributed by atoms with E-state index in [-0.39, 0.29) is 11.7 Å². The Bertz CT molecular complexity index is 409. The average molecular weight is 177 g/mol. The Morgan fingerprint density at radius 3 is 2.85 bits per heavy atom. The van der Waals surface area contributed by atoms with Crippen molar-refractivity contribution in [1.29, 1.82) is 0 Å². The molecule has 13 heavy (non-hydrogen) atoms. The lowest BCUT2D eigenvalue weighted by molar-refractivity contribution is 0.866. The summed E-state index contributed by atoms with van der Waals surface area (Å²) in [6.45, 7) is 3.95. The Kier molecular flexibility index (Phi) is 2.70. The Labute approximate surface area is 76.2 Å². The predicted molar refractivity (Wildman–Crippen MR) is 51.0 cm³/mol. The zero-order valence-corrected chi connectivity index (χ0v) is 7.59. The molecular formula is C9H11N3O. The highest BCUT2D eigenvalue weighted by atomic mass is 16.1. The third kappa shape index (κ3) is 2.64. The molecule has 0 aliphatic heterocycles. The second kappa shape index (κ2) is 3.76. The number of aromatic nitrogens is 2. The maximum absolute atomic E-state index is 10.7. The van der Waals surface area contributed by atoms with Crippen LogP contribution < -0.4 is 11.4 Å². The Morgan fingerprint density at radius 2 is 2.31 bits per heavy atom. The highest BCUT2D eigenvalue weighted by molar-refractivity contribution is 5.48. The van der Waals surface area contributed by atoms with Crippen molar-refractivity contribution in [1.82, 2.24) is 9.97 Å². The lowest BCUT2D eigenvalue weighted by atomic mass is 10.2. The lowest BCUT2D eigenvalue weighted by Gasteiger charge is -1.94. The monoisotopic (exact) mass is 177 g/mol. The number of rotatable bonds is 0.